The second kappa shape index (κ2) is 11.1. The minimum absolute atomic E-state index is 0.0479. The maximum atomic E-state index is 13.6. The summed E-state index contributed by atoms with van der Waals surface area (Å²) in [5, 5.41) is 0. The Morgan fingerprint density at radius 2 is 1.24 bits per heavy atom. The molecule has 5 fully saturated rings. The van der Waals surface area contributed by atoms with E-state index in [4.69, 9.17) is 9.47 Å². The third-order valence-electron chi connectivity index (χ3n) is 9.01. The number of hydrogen-bond acceptors (Lipinski definition) is 5. The highest BCUT2D eigenvalue weighted by atomic mass is 16.5. The molecule has 0 radical (unpaired) electrons. The van der Waals surface area contributed by atoms with Crippen LogP contribution >= 0.6 is 0 Å². The number of carbonyl (C=O) groups excluding carboxylic acids is 3. The summed E-state index contributed by atoms with van der Waals surface area (Å²) in [6, 6.07) is -0.0479. The van der Waals surface area contributed by atoms with Crippen molar-refractivity contribution >= 4 is 17.6 Å². The van der Waals surface area contributed by atoms with Crippen LogP contribution in [0.5, 0.6) is 0 Å². The van der Waals surface area contributed by atoms with E-state index in [2.05, 4.69) is 0 Å². The van der Waals surface area contributed by atoms with Gasteiger partial charge in [0.25, 0.3) is 0 Å². The smallest absolute Gasteiger partial charge is 0.323 e. The molecule has 3 unspecified atom stereocenters. The van der Waals surface area contributed by atoms with E-state index in [0.29, 0.717) is 5.78 Å². The summed E-state index contributed by atoms with van der Waals surface area (Å²) in [7, 11) is 0. The molecule has 1 saturated heterocycles. The van der Waals surface area contributed by atoms with Crippen molar-refractivity contribution in [2.45, 2.75) is 102 Å². The van der Waals surface area contributed by atoms with Gasteiger partial charge in [0.05, 0.1) is 18.1 Å². The van der Waals surface area contributed by atoms with E-state index < -0.39 is 0 Å². The Morgan fingerprint density at radius 1 is 0.676 bits per heavy atom. The van der Waals surface area contributed by atoms with Crippen molar-refractivity contribution in [2.24, 2.45) is 23.7 Å². The zero-order valence-corrected chi connectivity index (χ0v) is 20.6. The van der Waals surface area contributed by atoms with E-state index in [1.165, 1.54) is 12.8 Å². The van der Waals surface area contributed by atoms with Crippen LogP contribution in [0.25, 0.3) is 0 Å². The van der Waals surface area contributed by atoms with Gasteiger partial charge in [-0.2, -0.15) is 0 Å². The quantitative estimate of drug-likeness (QED) is 0.344. The number of amides is 2. The second-order valence-corrected chi connectivity index (χ2v) is 11.3. The number of ether oxygens (including phenoxy) is 2. The zero-order valence-electron chi connectivity index (χ0n) is 20.6. The fourth-order valence-electron chi connectivity index (χ4n) is 6.87. The Morgan fingerprint density at radius 3 is 1.85 bits per heavy atom. The summed E-state index contributed by atoms with van der Waals surface area (Å²) in [4.78, 5) is 43.3. The number of nitrogens with zero attached hydrogens (tertiary/aromatic N) is 2. The molecule has 190 valence electrons. The van der Waals surface area contributed by atoms with Gasteiger partial charge in [-0.3, -0.25) is 14.5 Å². The lowest BCUT2D eigenvalue weighted by atomic mass is 9.78. The molecule has 4 saturated carbocycles. The highest BCUT2D eigenvalue weighted by Gasteiger charge is 2.48. The average molecular weight is 475 g/mol. The van der Waals surface area contributed by atoms with Crippen molar-refractivity contribution in [1.82, 2.24) is 9.80 Å². The van der Waals surface area contributed by atoms with Crippen LogP contribution in [0.3, 0.4) is 0 Å². The molecule has 0 aromatic heterocycles. The summed E-state index contributed by atoms with van der Waals surface area (Å²) in [5.74, 6) is 0.221. The van der Waals surface area contributed by atoms with Crippen molar-refractivity contribution in [3.8, 4) is 0 Å². The molecule has 0 aromatic carbocycles. The van der Waals surface area contributed by atoms with Crippen LogP contribution in [-0.4, -0.2) is 66.2 Å². The van der Waals surface area contributed by atoms with Gasteiger partial charge < -0.3 is 14.4 Å². The van der Waals surface area contributed by atoms with Crippen molar-refractivity contribution < 1.29 is 23.9 Å². The van der Waals surface area contributed by atoms with Crippen LogP contribution in [0.1, 0.15) is 89.9 Å². The number of carbonyl (C=O) groups is 3. The molecule has 1 aliphatic heterocycles. The Balaban J connectivity index is 1.25. The van der Waals surface area contributed by atoms with Crippen molar-refractivity contribution in [1.29, 1.82) is 0 Å². The summed E-state index contributed by atoms with van der Waals surface area (Å²) in [6.45, 7) is 1.93. The molecule has 4 aliphatic carbocycles. The molecular weight excluding hydrogens is 432 g/mol. The van der Waals surface area contributed by atoms with Gasteiger partial charge in [-0.25, -0.2) is 4.79 Å². The fourth-order valence-corrected chi connectivity index (χ4v) is 6.87. The first kappa shape index (κ1) is 24.2. The monoisotopic (exact) mass is 474 g/mol. The largest absolute Gasteiger partial charge is 0.358 e. The lowest BCUT2D eigenvalue weighted by molar-refractivity contribution is -0.141. The first-order valence-corrected chi connectivity index (χ1v) is 14.0. The molecule has 34 heavy (non-hydrogen) atoms. The van der Waals surface area contributed by atoms with Crippen LogP contribution in [0, 0.1) is 23.7 Å². The Bertz CT molecular complexity index is 735. The highest BCUT2D eigenvalue weighted by Crippen LogP contribution is 2.43. The van der Waals surface area contributed by atoms with Crippen LogP contribution in [-0.2, 0) is 19.1 Å². The summed E-state index contributed by atoms with van der Waals surface area (Å²) < 4.78 is 12.4. The van der Waals surface area contributed by atoms with E-state index in [1.54, 1.807) is 9.80 Å². The van der Waals surface area contributed by atoms with Crippen molar-refractivity contribution in [3.63, 3.8) is 0 Å². The first-order chi connectivity index (χ1) is 16.6. The molecule has 3 atom stereocenters. The molecule has 5 aliphatic rings. The maximum absolute atomic E-state index is 13.6. The number of urea groups is 1. The van der Waals surface area contributed by atoms with Gasteiger partial charge in [-0.1, -0.05) is 38.5 Å². The topological polar surface area (TPSA) is 75.9 Å². The third kappa shape index (κ3) is 5.51. The molecule has 0 N–H and O–H groups in total. The van der Waals surface area contributed by atoms with Crippen molar-refractivity contribution in [2.75, 3.05) is 26.6 Å². The summed E-state index contributed by atoms with van der Waals surface area (Å²) >= 11 is 0. The Kier molecular flexibility index (Phi) is 7.89. The highest BCUT2D eigenvalue weighted by molar-refractivity contribution is 5.93. The molecule has 0 spiro atoms. The SMILES string of the molecule is O=C(C1CCCC1)C1CCC(OCN(COC2CCCC2)C(=O)N2CC2)C1C(=O)C1CCCC1. The van der Waals surface area contributed by atoms with Crippen LogP contribution in [0.2, 0.25) is 0 Å². The van der Waals surface area contributed by atoms with Crippen molar-refractivity contribution in [3.05, 3.63) is 0 Å². The van der Waals surface area contributed by atoms with Gasteiger partial charge in [0.2, 0.25) is 0 Å². The molecule has 2 amide bonds. The van der Waals surface area contributed by atoms with Crippen LogP contribution in [0.15, 0.2) is 0 Å². The standard InChI is InChI=1S/C27H42N2O5/c30-25(19-7-1-2-8-19)22-13-14-23(24(22)26(31)20-9-3-4-10-20)34-18-29(27(32)28-15-16-28)17-33-21-11-5-6-12-21/h19-24H,1-18H2. The normalized spacial score (nSPS) is 30.4. The summed E-state index contributed by atoms with van der Waals surface area (Å²) in [5.41, 5.74) is 0. The van der Waals surface area contributed by atoms with E-state index in [1.807, 2.05) is 0 Å². The molecule has 0 bridgehead atoms. The lowest BCUT2D eigenvalue weighted by Gasteiger charge is -2.30. The average Bonchev–Trinajstić information content (AvgIpc) is 3.39. The van der Waals surface area contributed by atoms with E-state index in [0.717, 1.165) is 90.1 Å². The molecule has 0 aromatic rings. The van der Waals surface area contributed by atoms with Crippen LogP contribution < -0.4 is 0 Å². The molecule has 7 nitrogen and oxygen atoms in total. The van der Waals surface area contributed by atoms with Gasteiger partial charge in [0, 0.05) is 30.8 Å². The maximum Gasteiger partial charge on any atom is 0.323 e. The number of rotatable bonds is 10. The van der Waals surface area contributed by atoms with E-state index in [-0.39, 0.29) is 61.2 Å². The first-order valence-electron chi connectivity index (χ1n) is 14.0. The fraction of sp³-hybridized carbons (Fsp3) is 0.889. The number of Topliss-reactive ketones (excluding diaryl/α,β-unsaturated/α-hetero) is 2. The number of ketones is 2. The third-order valence-corrected chi connectivity index (χ3v) is 9.01. The zero-order chi connectivity index (χ0) is 23.5. The summed E-state index contributed by atoms with van der Waals surface area (Å²) in [6.07, 6.45) is 14.2. The van der Waals surface area contributed by atoms with E-state index >= 15 is 0 Å². The Hall–Kier alpha value is -1.47. The van der Waals surface area contributed by atoms with Gasteiger partial charge in [0.1, 0.15) is 25.0 Å². The van der Waals surface area contributed by atoms with E-state index in [9.17, 15) is 14.4 Å². The van der Waals surface area contributed by atoms with Gasteiger partial charge >= 0.3 is 6.03 Å². The minimum atomic E-state index is -0.342. The predicted molar refractivity (Wildman–Crippen MR) is 127 cm³/mol. The van der Waals surface area contributed by atoms with Crippen LogP contribution in [0.4, 0.5) is 4.79 Å². The molecule has 7 heteroatoms. The number of hydrogen-bond donors (Lipinski definition) is 0. The Labute approximate surface area is 203 Å². The second-order valence-electron chi connectivity index (χ2n) is 11.3. The predicted octanol–water partition coefficient (Wildman–Crippen LogP) is 4.53. The minimum Gasteiger partial charge on any atom is -0.358 e. The molecule has 5 rings (SSSR count). The molecular formula is C27H42N2O5. The van der Waals surface area contributed by atoms with Gasteiger partial charge in [-0.15, -0.1) is 0 Å². The van der Waals surface area contributed by atoms with Gasteiger partial charge in [-0.05, 0) is 51.4 Å². The van der Waals surface area contributed by atoms with Gasteiger partial charge in [0.15, 0.2) is 0 Å². The lowest BCUT2D eigenvalue weighted by Crippen LogP contribution is -2.43. The molecule has 1 heterocycles.